The van der Waals surface area contributed by atoms with Crippen molar-refractivity contribution in [3.05, 3.63) is 65.3 Å². The molecule has 1 aromatic heterocycles. The lowest BCUT2D eigenvalue weighted by Gasteiger charge is -2.28. The molecule has 0 atom stereocenters. The molecule has 3 heterocycles. The number of hydrogen-bond donors (Lipinski definition) is 1. The first-order chi connectivity index (χ1) is 15.7. The molecule has 32 heavy (non-hydrogen) atoms. The molecule has 2 aliphatic rings. The van der Waals surface area contributed by atoms with Gasteiger partial charge in [0.05, 0.1) is 28.8 Å². The normalized spacial score (nSPS) is 16.4. The molecule has 5 rings (SSSR count). The number of hydrogen-bond acceptors (Lipinski definition) is 5. The third-order valence-electron chi connectivity index (χ3n) is 5.97. The van der Waals surface area contributed by atoms with Crippen molar-refractivity contribution in [2.45, 2.75) is 12.8 Å². The lowest BCUT2D eigenvalue weighted by Crippen LogP contribution is -2.35. The maximum atomic E-state index is 14.7. The highest BCUT2D eigenvalue weighted by Gasteiger charge is 2.22. The monoisotopic (exact) mass is 451 g/mol. The Kier molecular flexibility index (Phi) is 6.10. The van der Waals surface area contributed by atoms with Gasteiger partial charge in [-0.25, -0.2) is 4.39 Å². The van der Waals surface area contributed by atoms with Gasteiger partial charge in [0.15, 0.2) is 0 Å². The fraction of sp³-hybridized carbons (Fsp3) is 0.320. The van der Waals surface area contributed by atoms with Gasteiger partial charge in [0.2, 0.25) is 0 Å². The highest BCUT2D eigenvalue weighted by Crippen LogP contribution is 2.39. The predicted molar refractivity (Wildman–Crippen MR) is 129 cm³/mol. The number of anilines is 3. The number of nitrogens with zero attached hydrogens (tertiary/aromatic N) is 2. The first-order valence-corrected chi connectivity index (χ1v) is 11.9. The lowest BCUT2D eigenvalue weighted by atomic mass is 10.1. The first kappa shape index (κ1) is 21.0. The van der Waals surface area contributed by atoms with Crippen molar-refractivity contribution in [2.75, 3.05) is 54.5 Å². The zero-order chi connectivity index (χ0) is 21.9. The van der Waals surface area contributed by atoms with E-state index in [1.54, 1.807) is 12.1 Å². The molecule has 0 radical (unpaired) electrons. The van der Waals surface area contributed by atoms with Crippen LogP contribution in [0.2, 0.25) is 0 Å². The zero-order valence-corrected chi connectivity index (χ0v) is 18.7. The Hall–Kier alpha value is -2.90. The summed E-state index contributed by atoms with van der Waals surface area (Å²) < 4.78 is 20.2. The van der Waals surface area contributed by atoms with E-state index in [9.17, 15) is 9.18 Å². The molecule has 0 spiro atoms. The molecule has 5 nitrogen and oxygen atoms in total. The number of thiophene rings is 1. The molecular formula is C25H26FN3O2S. The number of nitrogens with one attached hydrogen (secondary N) is 1. The van der Waals surface area contributed by atoms with Crippen LogP contribution in [0.1, 0.15) is 22.5 Å². The molecule has 0 aliphatic carbocycles. The summed E-state index contributed by atoms with van der Waals surface area (Å²) >= 11 is 1.47. The molecule has 0 bridgehead atoms. The number of morpholine rings is 1. The molecule has 2 fully saturated rings. The number of halogens is 1. The van der Waals surface area contributed by atoms with E-state index < -0.39 is 0 Å². The Bertz CT molecular complexity index is 1090. The quantitative estimate of drug-likeness (QED) is 0.576. The van der Waals surface area contributed by atoms with E-state index in [1.807, 2.05) is 24.3 Å². The molecule has 0 saturated carbocycles. The largest absolute Gasteiger partial charge is 0.378 e. The van der Waals surface area contributed by atoms with E-state index in [-0.39, 0.29) is 11.7 Å². The molecule has 2 aliphatic heterocycles. The molecule has 0 unspecified atom stereocenters. The summed E-state index contributed by atoms with van der Waals surface area (Å²) in [5.41, 5.74) is 3.19. The Balaban J connectivity index is 1.40. The number of rotatable bonds is 5. The maximum Gasteiger partial charge on any atom is 0.265 e. The zero-order valence-electron chi connectivity index (χ0n) is 17.9. The van der Waals surface area contributed by atoms with Crippen LogP contribution in [-0.4, -0.2) is 45.3 Å². The van der Waals surface area contributed by atoms with Gasteiger partial charge in [-0.3, -0.25) is 4.79 Å². The van der Waals surface area contributed by atoms with Crippen LogP contribution >= 0.6 is 11.3 Å². The van der Waals surface area contributed by atoms with Crippen LogP contribution in [-0.2, 0) is 4.74 Å². The van der Waals surface area contributed by atoms with Crippen LogP contribution in [0.4, 0.5) is 20.8 Å². The first-order valence-electron chi connectivity index (χ1n) is 11.1. The third kappa shape index (κ3) is 4.36. The molecule has 1 N–H and O–H groups in total. The van der Waals surface area contributed by atoms with Gasteiger partial charge >= 0.3 is 0 Å². The Labute approximate surface area is 191 Å². The van der Waals surface area contributed by atoms with Crippen LogP contribution in [0.25, 0.3) is 11.1 Å². The van der Waals surface area contributed by atoms with Crippen molar-refractivity contribution in [1.82, 2.24) is 0 Å². The van der Waals surface area contributed by atoms with Crippen LogP contribution in [0.3, 0.4) is 0 Å². The van der Waals surface area contributed by atoms with Crippen molar-refractivity contribution in [1.29, 1.82) is 0 Å². The Morgan fingerprint density at radius 1 is 0.938 bits per heavy atom. The second kappa shape index (κ2) is 9.30. The van der Waals surface area contributed by atoms with Gasteiger partial charge in [0.1, 0.15) is 5.82 Å². The number of carbonyl (C=O) groups is 1. The van der Waals surface area contributed by atoms with Crippen LogP contribution < -0.4 is 15.1 Å². The van der Waals surface area contributed by atoms with Gasteiger partial charge < -0.3 is 19.9 Å². The highest BCUT2D eigenvalue weighted by atomic mass is 32.1. The highest BCUT2D eigenvalue weighted by molar-refractivity contribution is 7.18. The summed E-state index contributed by atoms with van der Waals surface area (Å²) in [4.78, 5) is 18.0. The van der Waals surface area contributed by atoms with Gasteiger partial charge in [0, 0.05) is 37.4 Å². The maximum absolute atomic E-state index is 14.7. The molecule has 2 saturated heterocycles. The van der Waals surface area contributed by atoms with E-state index in [0.29, 0.717) is 29.5 Å². The molecule has 1 amide bonds. The minimum absolute atomic E-state index is 0.222. The van der Waals surface area contributed by atoms with Gasteiger partial charge in [-0.1, -0.05) is 30.3 Å². The van der Waals surface area contributed by atoms with Crippen LogP contribution in [0.5, 0.6) is 0 Å². The van der Waals surface area contributed by atoms with Gasteiger partial charge in [-0.05, 0) is 42.7 Å². The predicted octanol–water partition coefficient (Wildman–Crippen LogP) is 5.24. The van der Waals surface area contributed by atoms with Crippen molar-refractivity contribution in [3.8, 4) is 11.1 Å². The number of benzene rings is 2. The van der Waals surface area contributed by atoms with Crippen LogP contribution in [0.15, 0.2) is 54.6 Å². The minimum Gasteiger partial charge on any atom is -0.378 e. The van der Waals surface area contributed by atoms with Crippen molar-refractivity contribution in [3.63, 3.8) is 0 Å². The fourth-order valence-electron chi connectivity index (χ4n) is 4.31. The van der Waals surface area contributed by atoms with E-state index in [1.165, 1.54) is 17.4 Å². The average Bonchev–Trinajstić information content (AvgIpc) is 3.51. The number of carbonyl (C=O) groups excluding carboxylic acids is 1. The minimum atomic E-state index is -0.296. The van der Waals surface area contributed by atoms with Gasteiger partial charge in [-0.2, -0.15) is 0 Å². The van der Waals surface area contributed by atoms with E-state index >= 15 is 0 Å². The summed E-state index contributed by atoms with van der Waals surface area (Å²) in [6.07, 6.45) is 2.18. The second-order valence-electron chi connectivity index (χ2n) is 8.11. The third-order valence-corrected chi connectivity index (χ3v) is 7.17. The lowest BCUT2D eigenvalue weighted by molar-refractivity contribution is 0.103. The van der Waals surface area contributed by atoms with E-state index in [0.717, 1.165) is 55.1 Å². The van der Waals surface area contributed by atoms with Crippen LogP contribution in [0, 0.1) is 5.82 Å². The van der Waals surface area contributed by atoms with Crippen molar-refractivity contribution in [2.24, 2.45) is 0 Å². The Morgan fingerprint density at radius 2 is 1.69 bits per heavy atom. The molecule has 3 aromatic rings. The van der Waals surface area contributed by atoms with Crippen molar-refractivity contribution < 1.29 is 13.9 Å². The van der Waals surface area contributed by atoms with E-state index in [4.69, 9.17) is 4.74 Å². The standard InChI is InChI=1S/C25H26FN3O2S/c26-21-16-19(8-9-22(21)28-10-4-5-11-28)27-24(30)23-17-20(18-6-2-1-3-7-18)25(32-23)29-12-14-31-15-13-29/h1-3,6-9,16-17H,4-5,10-15H2,(H,27,30). The molecule has 7 heteroatoms. The molecule has 2 aromatic carbocycles. The topological polar surface area (TPSA) is 44.8 Å². The van der Waals surface area contributed by atoms with Gasteiger partial charge in [0.25, 0.3) is 5.91 Å². The summed E-state index contributed by atoms with van der Waals surface area (Å²) in [5.74, 6) is -0.519. The summed E-state index contributed by atoms with van der Waals surface area (Å²) in [6.45, 7) is 4.70. The molecular weight excluding hydrogens is 425 g/mol. The summed E-state index contributed by atoms with van der Waals surface area (Å²) in [6, 6.07) is 17.0. The number of ether oxygens (including phenoxy) is 1. The fourth-order valence-corrected chi connectivity index (χ4v) is 5.44. The SMILES string of the molecule is O=C(Nc1ccc(N2CCCC2)c(F)c1)c1cc(-c2ccccc2)c(N2CCOCC2)s1. The summed E-state index contributed by atoms with van der Waals surface area (Å²) in [7, 11) is 0. The van der Waals surface area contributed by atoms with Crippen molar-refractivity contribution >= 4 is 33.6 Å². The second-order valence-corrected chi connectivity index (χ2v) is 9.14. The summed E-state index contributed by atoms with van der Waals surface area (Å²) in [5, 5.41) is 3.95. The Morgan fingerprint density at radius 3 is 2.41 bits per heavy atom. The average molecular weight is 452 g/mol. The molecule has 166 valence electrons. The van der Waals surface area contributed by atoms with Gasteiger partial charge in [-0.15, -0.1) is 11.3 Å². The number of amides is 1. The smallest absolute Gasteiger partial charge is 0.265 e. The van der Waals surface area contributed by atoms with E-state index in [2.05, 4.69) is 27.2 Å².